The number of benzene rings is 1. The fraction of sp³-hybridized carbons (Fsp3) is 0.727. The smallest absolute Gasteiger partial charge is 0.142 e. The number of methoxy groups -OCH3 is 1. The summed E-state index contributed by atoms with van der Waals surface area (Å²) in [6.45, 7) is 5.46. The summed E-state index contributed by atoms with van der Waals surface area (Å²) in [5.74, 6) is 0.883. The lowest BCUT2D eigenvalue weighted by Gasteiger charge is -2.41. The van der Waals surface area contributed by atoms with Crippen LogP contribution in [-0.2, 0) is 9.47 Å². The third-order valence-electron chi connectivity index (χ3n) is 6.63. The second-order valence-corrected chi connectivity index (χ2v) is 8.37. The molecule has 8 nitrogen and oxygen atoms in total. The molecule has 0 aromatic heterocycles. The minimum atomic E-state index is -0.686. The van der Waals surface area contributed by atoms with Crippen molar-refractivity contribution in [2.24, 2.45) is 0 Å². The average Bonchev–Trinajstić information content (AvgIpc) is 3.13. The van der Waals surface area contributed by atoms with Crippen molar-refractivity contribution in [3.8, 4) is 5.75 Å². The van der Waals surface area contributed by atoms with E-state index >= 15 is 0 Å². The Morgan fingerprint density at radius 2 is 1.83 bits per heavy atom. The Bertz CT molecular complexity index is 664. The second-order valence-electron chi connectivity index (χ2n) is 8.37. The minimum Gasteiger partial charge on any atom is -0.495 e. The van der Waals surface area contributed by atoms with E-state index in [1.165, 1.54) is 0 Å². The van der Waals surface area contributed by atoms with Gasteiger partial charge in [-0.1, -0.05) is 12.1 Å². The Labute approximate surface area is 178 Å². The molecular formula is C22H35N3O5. The Kier molecular flexibility index (Phi) is 7.45. The molecule has 4 atom stereocenters. The van der Waals surface area contributed by atoms with Gasteiger partial charge in [0.15, 0.2) is 0 Å². The van der Waals surface area contributed by atoms with Crippen LogP contribution in [0.4, 0.5) is 5.69 Å². The van der Waals surface area contributed by atoms with Crippen LogP contribution in [0.2, 0.25) is 0 Å². The number of piperazine rings is 1. The SMILES string of the molecule is COc1ccccc1N1CCN([C@H]2[C@H](O)[C@H](CO)O[C@@H]2CNC2CCOCC2)CC1. The van der Waals surface area contributed by atoms with Gasteiger partial charge >= 0.3 is 0 Å². The topological polar surface area (TPSA) is 86.7 Å². The lowest BCUT2D eigenvalue weighted by molar-refractivity contribution is -0.0229. The standard InChI is InChI=1S/C22H35N3O5/c1-28-18-5-3-2-4-17(18)24-8-10-25(11-9-24)21-19(30-20(15-26)22(21)27)14-23-16-6-12-29-13-7-16/h2-5,16,19-23,26-27H,6-15H2,1H3/t19-,20+,21-,22-/m1/s1. The number of ether oxygens (including phenoxy) is 3. The molecule has 4 rings (SSSR count). The fourth-order valence-electron chi connectivity index (χ4n) is 4.93. The van der Waals surface area contributed by atoms with E-state index < -0.39 is 12.2 Å². The van der Waals surface area contributed by atoms with Crippen LogP contribution in [-0.4, -0.2) is 105 Å². The maximum atomic E-state index is 10.9. The highest BCUT2D eigenvalue weighted by Gasteiger charge is 2.46. The van der Waals surface area contributed by atoms with Crippen molar-refractivity contribution in [3.05, 3.63) is 24.3 Å². The van der Waals surface area contributed by atoms with Gasteiger partial charge in [0, 0.05) is 52.0 Å². The molecule has 0 radical (unpaired) electrons. The third kappa shape index (κ3) is 4.74. The molecule has 0 aliphatic carbocycles. The van der Waals surface area contributed by atoms with Crippen molar-refractivity contribution < 1.29 is 24.4 Å². The largest absolute Gasteiger partial charge is 0.495 e. The summed E-state index contributed by atoms with van der Waals surface area (Å²) >= 11 is 0. The summed E-state index contributed by atoms with van der Waals surface area (Å²) in [6, 6.07) is 8.40. The van der Waals surface area contributed by atoms with Crippen molar-refractivity contribution >= 4 is 5.69 Å². The summed E-state index contributed by atoms with van der Waals surface area (Å²) < 4.78 is 17.0. The molecule has 3 heterocycles. The Morgan fingerprint density at radius 1 is 1.10 bits per heavy atom. The van der Waals surface area contributed by atoms with E-state index in [1.54, 1.807) is 7.11 Å². The van der Waals surface area contributed by atoms with Crippen LogP contribution in [0.3, 0.4) is 0 Å². The fourth-order valence-corrected chi connectivity index (χ4v) is 4.93. The Hall–Kier alpha value is -1.42. The van der Waals surface area contributed by atoms with E-state index in [2.05, 4.69) is 21.2 Å². The van der Waals surface area contributed by atoms with Crippen molar-refractivity contribution in [1.82, 2.24) is 10.2 Å². The van der Waals surface area contributed by atoms with E-state index in [9.17, 15) is 10.2 Å². The number of hydrogen-bond acceptors (Lipinski definition) is 8. The van der Waals surface area contributed by atoms with Gasteiger partial charge in [0.05, 0.1) is 31.5 Å². The molecule has 0 amide bonds. The normalized spacial score (nSPS) is 31.2. The van der Waals surface area contributed by atoms with Gasteiger partial charge in [-0.2, -0.15) is 0 Å². The number of aliphatic hydroxyl groups is 2. The zero-order chi connectivity index (χ0) is 20.9. The number of hydrogen-bond donors (Lipinski definition) is 3. The van der Waals surface area contributed by atoms with Crippen molar-refractivity contribution in [2.75, 3.05) is 64.6 Å². The quantitative estimate of drug-likeness (QED) is 0.571. The molecule has 30 heavy (non-hydrogen) atoms. The first-order chi connectivity index (χ1) is 14.7. The van der Waals surface area contributed by atoms with Gasteiger partial charge < -0.3 is 34.6 Å². The third-order valence-corrected chi connectivity index (χ3v) is 6.63. The molecule has 3 fully saturated rings. The molecule has 0 spiro atoms. The van der Waals surface area contributed by atoms with E-state index in [0.717, 1.165) is 63.7 Å². The van der Waals surface area contributed by atoms with Crippen LogP contribution in [0, 0.1) is 0 Å². The number of anilines is 1. The molecule has 1 aromatic rings. The highest BCUT2D eigenvalue weighted by Crippen LogP contribution is 2.31. The summed E-state index contributed by atoms with van der Waals surface area (Å²) in [5, 5.41) is 24.1. The van der Waals surface area contributed by atoms with Crippen LogP contribution in [0.5, 0.6) is 5.75 Å². The first-order valence-corrected chi connectivity index (χ1v) is 11.1. The van der Waals surface area contributed by atoms with Crippen molar-refractivity contribution in [3.63, 3.8) is 0 Å². The highest BCUT2D eigenvalue weighted by molar-refractivity contribution is 5.58. The molecule has 3 saturated heterocycles. The van der Waals surface area contributed by atoms with Crippen LogP contribution < -0.4 is 15.0 Å². The number of nitrogens with one attached hydrogen (secondary N) is 1. The maximum Gasteiger partial charge on any atom is 0.142 e. The molecule has 0 saturated carbocycles. The van der Waals surface area contributed by atoms with Crippen molar-refractivity contribution in [1.29, 1.82) is 0 Å². The van der Waals surface area contributed by atoms with Crippen LogP contribution in [0.15, 0.2) is 24.3 Å². The first kappa shape index (κ1) is 21.8. The second kappa shape index (κ2) is 10.3. The molecule has 0 bridgehead atoms. The molecular weight excluding hydrogens is 386 g/mol. The zero-order valence-corrected chi connectivity index (χ0v) is 17.8. The lowest BCUT2D eigenvalue weighted by Crippen LogP contribution is -2.57. The van der Waals surface area contributed by atoms with Gasteiger partial charge in [0.25, 0.3) is 0 Å². The number of rotatable bonds is 7. The predicted octanol–water partition coefficient (Wildman–Crippen LogP) is 0.0750. The molecule has 0 unspecified atom stereocenters. The molecule has 1 aromatic carbocycles. The lowest BCUT2D eigenvalue weighted by atomic mass is 10.0. The molecule has 3 aliphatic rings. The minimum absolute atomic E-state index is 0.116. The highest BCUT2D eigenvalue weighted by atomic mass is 16.5. The van der Waals surface area contributed by atoms with E-state index in [1.807, 2.05) is 18.2 Å². The van der Waals surface area contributed by atoms with E-state index in [0.29, 0.717) is 12.6 Å². The Morgan fingerprint density at radius 3 is 2.53 bits per heavy atom. The first-order valence-electron chi connectivity index (χ1n) is 11.1. The summed E-state index contributed by atoms with van der Waals surface area (Å²) in [6.07, 6.45) is 0.651. The number of para-hydroxylation sites is 2. The van der Waals surface area contributed by atoms with Crippen LogP contribution >= 0.6 is 0 Å². The summed E-state index contributed by atoms with van der Waals surface area (Å²) in [7, 11) is 1.70. The molecule has 3 N–H and O–H groups in total. The number of aliphatic hydroxyl groups excluding tert-OH is 2. The van der Waals surface area contributed by atoms with Crippen molar-refractivity contribution in [2.45, 2.75) is 43.2 Å². The summed E-state index contributed by atoms with van der Waals surface area (Å²) in [5.41, 5.74) is 1.11. The van der Waals surface area contributed by atoms with Crippen LogP contribution in [0.1, 0.15) is 12.8 Å². The maximum absolute atomic E-state index is 10.9. The van der Waals surface area contributed by atoms with Gasteiger partial charge in [-0.15, -0.1) is 0 Å². The van der Waals surface area contributed by atoms with Gasteiger partial charge in [-0.25, -0.2) is 0 Å². The average molecular weight is 422 g/mol. The van der Waals surface area contributed by atoms with Gasteiger partial charge in [-0.3, -0.25) is 4.90 Å². The molecule has 8 heteroatoms. The van der Waals surface area contributed by atoms with E-state index in [4.69, 9.17) is 14.2 Å². The molecule has 168 valence electrons. The van der Waals surface area contributed by atoms with Gasteiger partial charge in [0.1, 0.15) is 18.0 Å². The zero-order valence-electron chi connectivity index (χ0n) is 17.8. The Balaban J connectivity index is 1.38. The van der Waals surface area contributed by atoms with Gasteiger partial charge in [-0.05, 0) is 25.0 Å². The van der Waals surface area contributed by atoms with E-state index in [-0.39, 0.29) is 18.8 Å². The summed E-state index contributed by atoms with van der Waals surface area (Å²) in [4.78, 5) is 4.65. The predicted molar refractivity (Wildman–Crippen MR) is 114 cm³/mol. The van der Waals surface area contributed by atoms with Crippen LogP contribution in [0.25, 0.3) is 0 Å². The van der Waals surface area contributed by atoms with Gasteiger partial charge in [0.2, 0.25) is 0 Å². The molecule has 3 aliphatic heterocycles. The monoisotopic (exact) mass is 421 g/mol. The number of nitrogens with zero attached hydrogens (tertiary/aromatic N) is 2.